The van der Waals surface area contributed by atoms with Crippen LogP contribution in [0, 0.1) is 0 Å². The standard InChI is InChI=1S/C6H10O2S3/c1-3-10-6(9)11-5(2)8-4-7/h4-5H,3H2,1-2H3. The van der Waals surface area contributed by atoms with Crippen LogP contribution in [0.5, 0.6) is 0 Å². The van der Waals surface area contributed by atoms with Crippen LogP contribution in [0.3, 0.4) is 0 Å². The molecule has 0 radical (unpaired) electrons. The van der Waals surface area contributed by atoms with Crippen LogP contribution >= 0.6 is 35.7 Å². The van der Waals surface area contributed by atoms with E-state index in [2.05, 4.69) is 4.74 Å². The van der Waals surface area contributed by atoms with E-state index >= 15 is 0 Å². The van der Waals surface area contributed by atoms with E-state index < -0.39 is 0 Å². The Morgan fingerprint density at radius 3 is 2.91 bits per heavy atom. The van der Waals surface area contributed by atoms with E-state index in [1.54, 1.807) is 18.7 Å². The van der Waals surface area contributed by atoms with Gasteiger partial charge in [0.25, 0.3) is 6.47 Å². The minimum absolute atomic E-state index is 0.168. The smallest absolute Gasteiger partial charge is 0.294 e. The van der Waals surface area contributed by atoms with Crippen LogP contribution in [-0.2, 0) is 9.53 Å². The van der Waals surface area contributed by atoms with E-state index in [1.165, 1.54) is 11.8 Å². The lowest BCUT2D eigenvalue weighted by Crippen LogP contribution is -2.03. The van der Waals surface area contributed by atoms with Crippen molar-refractivity contribution in [3.63, 3.8) is 0 Å². The van der Waals surface area contributed by atoms with Crippen LogP contribution in [0.25, 0.3) is 0 Å². The van der Waals surface area contributed by atoms with Gasteiger partial charge in [0.2, 0.25) is 0 Å². The summed E-state index contributed by atoms with van der Waals surface area (Å²) in [4.78, 5) is 9.87. The Morgan fingerprint density at radius 2 is 2.45 bits per heavy atom. The second-order valence-corrected chi connectivity index (χ2v) is 5.37. The molecule has 0 aromatic heterocycles. The number of carbonyl (C=O) groups is 1. The first-order valence-corrected chi connectivity index (χ1v) is 5.40. The molecule has 64 valence electrons. The molecule has 0 heterocycles. The second kappa shape index (κ2) is 6.94. The third kappa shape index (κ3) is 6.65. The highest BCUT2D eigenvalue weighted by Crippen LogP contribution is 2.21. The summed E-state index contributed by atoms with van der Waals surface area (Å²) in [5.41, 5.74) is -0.168. The van der Waals surface area contributed by atoms with Gasteiger partial charge in [-0.25, -0.2) is 0 Å². The average molecular weight is 210 g/mol. The maximum absolute atomic E-state index is 9.87. The van der Waals surface area contributed by atoms with Gasteiger partial charge in [-0.05, 0) is 12.7 Å². The monoisotopic (exact) mass is 210 g/mol. The molecule has 0 N–H and O–H groups in total. The number of thioether (sulfide) groups is 2. The molecule has 0 amide bonds. The van der Waals surface area contributed by atoms with Crippen LogP contribution in [0.2, 0.25) is 0 Å². The quantitative estimate of drug-likeness (QED) is 0.403. The number of ether oxygens (including phenoxy) is 1. The number of carbonyl (C=O) groups excluding carboxylic acids is 1. The number of hydrogen-bond donors (Lipinski definition) is 0. The summed E-state index contributed by atoms with van der Waals surface area (Å²) in [6, 6.07) is 0. The molecule has 0 spiro atoms. The molecule has 5 heteroatoms. The van der Waals surface area contributed by atoms with Gasteiger partial charge in [0.1, 0.15) is 8.96 Å². The van der Waals surface area contributed by atoms with Gasteiger partial charge in [0, 0.05) is 0 Å². The number of thiocarbonyl (C=S) groups is 1. The maximum Gasteiger partial charge on any atom is 0.294 e. The van der Waals surface area contributed by atoms with Gasteiger partial charge in [-0.2, -0.15) is 0 Å². The van der Waals surface area contributed by atoms with Crippen molar-refractivity contribution in [2.75, 3.05) is 5.75 Å². The number of rotatable bonds is 4. The van der Waals surface area contributed by atoms with Gasteiger partial charge < -0.3 is 4.74 Å². The lowest BCUT2D eigenvalue weighted by atomic mass is 10.9. The summed E-state index contributed by atoms with van der Waals surface area (Å²) < 4.78 is 5.46. The molecule has 0 aromatic rings. The van der Waals surface area contributed by atoms with Crippen LogP contribution in [0.4, 0.5) is 0 Å². The van der Waals surface area contributed by atoms with Crippen molar-refractivity contribution in [3.8, 4) is 0 Å². The SMILES string of the molecule is CCSC(=S)SC(C)OC=O. The van der Waals surface area contributed by atoms with Crippen LogP contribution in [-0.4, -0.2) is 21.2 Å². The van der Waals surface area contributed by atoms with Crippen molar-refractivity contribution in [1.82, 2.24) is 0 Å². The molecule has 1 unspecified atom stereocenters. The molecule has 0 saturated heterocycles. The first kappa shape index (κ1) is 11.3. The zero-order chi connectivity index (χ0) is 8.69. The van der Waals surface area contributed by atoms with Crippen molar-refractivity contribution >= 4 is 45.7 Å². The van der Waals surface area contributed by atoms with Crippen molar-refractivity contribution in [1.29, 1.82) is 0 Å². The lowest BCUT2D eigenvalue weighted by molar-refractivity contribution is -0.129. The first-order chi connectivity index (χ1) is 5.20. The molecule has 1 atom stereocenters. The first-order valence-electron chi connectivity index (χ1n) is 3.13. The summed E-state index contributed by atoms with van der Waals surface area (Å²) in [6.45, 7) is 4.27. The number of hydrogen-bond acceptors (Lipinski definition) is 5. The molecular weight excluding hydrogens is 200 g/mol. The van der Waals surface area contributed by atoms with Gasteiger partial charge in [-0.15, -0.1) is 11.8 Å². The van der Waals surface area contributed by atoms with Crippen molar-refractivity contribution in [2.45, 2.75) is 19.3 Å². The Hall–Kier alpha value is 0.260. The summed E-state index contributed by atoms with van der Waals surface area (Å²) in [5.74, 6) is 0.958. The minimum atomic E-state index is -0.168. The van der Waals surface area contributed by atoms with Crippen molar-refractivity contribution in [3.05, 3.63) is 0 Å². The van der Waals surface area contributed by atoms with Crippen molar-refractivity contribution < 1.29 is 9.53 Å². The predicted molar refractivity (Wildman–Crippen MR) is 54.9 cm³/mol. The Labute approximate surface area is 80.4 Å². The fraction of sp³-hybridized carbons (Fsp3) is 0.667. The predicted octanol–water partition coefficient (Wildman–Crippen LogP) is 2.28. The fourth-order valence-electron chi connectivity index (χ4n) is 0.393. The van der Waals surface area contributed by atoms with E-state index in [-0.39, 0.29) is 5.44 Å². The Bertz CT molecular complexity index is 138. The van der Waals surface area contributed by atoms with E-state index in [9.17, 15) is 4.79 Å². The van der Waals surface area contributed by atoms with Crippen LogP contribution < -0.4 is 0 Å². The highest BCUT2D eigenvalue weighted by atomic mass is 32.2. The van der Waals surface area contributed by atoms with Gasteiger partial charge in [0.05, 0.1) is 0 Å². The van der Waals surface area contributed by atoms with Gasteiger partial charge in [-0.3, -0.25) is 4.79 Å². The molecule has 0 bridgehead atoms. The average Bonchev–Trinajstić information content (AvgIpc) is 1.87. The molecule has 0 aliphatic rings. The summed E-state index contributed by atoms with van der Waals surface area (Å²) in [6.07, 6.45) is 0. The molecule has 0 aliphatic carbocycles. The Balaban J connectivity index is 3.48. The summed E-state index contributed by atoms with van der Waals surface area (Å²) >= 11 is 7.95. The van der Waals surface area contributed by atoms with Crippen LogP contribution in [0.1, 0.15) is 13.8 Å². The van der Waals surface area contributed by atoms with Gasteiger partial charge >= 0.3 is 0 Å². The van der Waals surface area contributed by atoms with E-state index in [0.29, 0.717) is 6.47 Å². The molecule has 0 fully saturated rings. The van der Waals surface area contributed by atoms with Crippen molar-refractivity contribution in [2.24, 2.45) is 0 Å². The zero-order valence-corrected chi connectivity index (χ0v) is 8.85. The lowest BCUT2D eigenvalue weighted by Gasteiger charge is -2.07. The molecular formula is C6H10O2S3. The third-order valence-corrected chi connectivity index (χ3v) is 3.22. The molecule has 2 nitrogen and oxygen atoms in total. The van der Waals surface area contributed by atoms with Gasteiger partial charge in [0.15, 0.2) is 0 Å². The molecule has 0 aromatic carbocycles. The largest absolute Gasteiger partial charge is 0.453 e. The third-order valence-electron chi connectivity index (χ3n) is 0.772. The zero-order valence-electron chi connectivity index (χ0n) is 6.40. The van der Waals surface area contributed by atoms with E-state index in [1.807, 2.05) is 6.92 Å². The summed E-state index contributed by atoms with van der Waals surface area (Å²) in [7, 11) is 0. The minimum Gasteiger partial charge on any atom is -0.453 e. The Morgan fingerprint density at radius 1 is 1.82 bits per heavy atom. The van der Waals surface area contributed by atoms with E-state index in [0.717, 1.165) is 9.28 Å². The molecule has 0 rings (SSSR count). The normalized spacial score (nSPS) is 12.2. The highest BCUT2D eigenvalue weighted by Gasteiger charge is 2.05. The Kier molecular flexibility index (Phi) is 7.10. The molecule has 0 saturated carbocycles. The van der Waals surface area contributed by atoms with Gasteiger partial charge in [-0.1, -0.05) is 30.9 Å². The van der Waals surface area contributed by atoms with Crippen LogP contribution in [0.15, 0.2) is 0 Å². The van der Waals surface area contributed by atoms with E-state index in [4.69, 9.17) is 12.2 Å². The molecule has 0 aliphatic heterocycles. The summed E-state index contributed by atoms with van der Waals surface area (Å²) in [5, 5.41) is 0. The highest BCUT2D eigenvalue weighted by molar-refractivity contribution is 8.47. The molecule has 11 heavy (non-hydrogen) atoms. The topological polar surface area (TPSA) is 26.3 Å². The fourth-order valence-corrected chi connectivity index (χ4v) is 2.79. The second-order valence-electron chi connectivity index (χ2n) is 1.60. The maximum atomic E-state index is 9.87.